The molecule has 0 bridgehead atoms. The molecule has 0 amide bonds. The maximum absolute atomic E-state index is 5.81. The van der Waals surface area contributed by atoms with Gasteiger partial charge in [-0.3, -0.25) is 0 Å². The van der Waals surface area contributed by atoms with Gasteiger partial charge < -0.3 is 5.73 Å². The summed E-state index contributed by atoms with van der Waals surface area (Å²) in [5, 5.41) is 3.28. The van der Waals surface area contributed by atoms with Crippen LogP contribution in [-0.4, -0.2) is 11.0 Å². The van der Waals surface area contributed by atoms with Crippen LogP contribution in [-0.2, 0) is 0 Å². The van der Waals surface area contributed by atoms with E-state index in [1.54, 1.807) is 11.3 Å². The first kappa shape index (κ1) is 11.4. The van der Waals surface area contributed by atoms with E-state index in [2.05, 4.69) is 45.6 Å². The minimum atomic E-state index is 0.387. The van der Waals surface area contributed by atoms with E-state index in [0.717, 1.165) is 22.3 Å². The second kappa shape index (κ2) is 4.52. The lowest BCUT2D eigenvalue weighted by Gasteiger charge is -2.30. The third-order valence-electron chi connectivity index (χ3n) is 3.21. The number of hydrogen-bond acceptors (Lipinski definition) is 3. The molecule has 1 fully saturated rings. The molecule has 3 rings (SSSR count). The second-order valence-corrected chi connectivity index (χ2v) is 6.29. The molecule has 0 radical (unpaired) electrons. The smallest absolute Gasteiger partial charge is 0.123 e. The Labute approximate surface area is 113 Å². The van der Waals surface area contributed by atoms with E-state index in [0.29, 0.717) is 12.0 Å². The number of halogens is 1. The highest BCUT2D eigenvalue weighted by Gasteiger charge is 2.29. The average molecular weight is 309 g/mol. The van der Waals surface area contributed by atoms with Gasteiger partial charge in [-0.25, -0.2) is 4.98 Å². The van der Waals surface area contributed by atoms with Crippen molar-refractivity contribution in [3.8, 4) is 10.6 Å². The van der Waals surface area contributed by atoms with Crippen molar-refractivity contribution < 1.29 is 0 Å². The molecule has 2 N–H and O–H groups in total. The molecule has 0 unspecified atom stereocenters. The standard InChI is InChI=1S/C13H13BrN2S/c14-10-3-1-8(2-4-10)13-16-12(7-17-13)9-5-11(15)6-9/h1-4,7,9,11H,5-6,15H2. The molecule has 1 aromatic heterocycles. The van der Waals surface area contributed by atoms with Gasteiger partial charge in [0.2, 0.25) is 0 Å². The number of thiazole rings is 1. The fourth-order valence-corrected chi connectivity index (χ4v) is 3.27. The molecule has 2 aromatic rings. The Hall–Kier alpha value is -0.710. The Bertz CT molecular complexity index is 514. The molecule has 4 heteroatoms. The van der Waals surface area contributed by atoms with Gasteiger partial charge in [-0.2, -0.15) is 0 Å². The van der Waals surface area contributed by atoms with Crippen LogP contribution in [0.15, 0.2) is 34.1 Å². The van der Waals surface area contributed by atoms with Crippen molar-refractivity contribution >= 4 is 27.3 Å². The third-order valence-corrected chi connectivity index (χ3v) is 4.64. The minimum absolute atomic E-state index is 0.387. The maximum atomic E-state index is 5.81. The summed E-state index contributed by atoms with van der Waals surface area (Å²) in [4.78, 5) is 4.71. The van der Waals surface area contributed by atoms with E-state index in [-0.39, 0.29) is 0 Å². The Balaban J connectivity index is 1.82. The Morgan fingerprint density at radius 1 is 1.24 bits per heavy atom. The largest absolute Gasteiger partial charge is 0.328 e. The summed E-state index contributed by atoms with van der Waals surface area (Å²) in [6.45, 7) is 0. The highest BCUT2D eigenvalue weighted by molar-refractivity contribution is 9.10. The van der Waals surface area contributed by atoms with Crippen molar-refractivity contribution in [2.45, 2.75) is 24.8 Å². The van der Waals surface area contributed by atoms with Crippen molar-refractivity contribution in [2.24, 2.45) is 5.73 Å². The van der Waals surface area contributed by atoms with Crippen molar-refractivity contribution in [2.75, 3.05) is 0 Å². The van der Waals surface area contributed by atoms with Crippen LogP contribution in [0.3, 0.4) is 0 Å². The first-order chi connectivity index (χ1) is 8.22. The van der Waals surface area contributed by atoms with E-state index in [4.69, 9.17) is 10.7 Å². The van der Waals surface area contributed by atoms with Crippen molar-refractivity contribution in [3.05, 3.63) is 39.8 Å². The lowest BCUT2D eigenvalue weighted by atomic mass is 9.79. The highest BCUT2D eigenvalue weighted by atomic mass is 79.9. The van der Waals surface area contributed by atoms with Crippen molar-refractivity contribution in [3.63, 3.8) is 0 Å². The third kappa shape index (κ3) is 2.30. The van der Waals surface area contributed by atoms with Gasteiger partial charge in [0.1, 0.15) is 5.01 Å². The number of rotatable bonds is 2. The second-order valence-electron chi connectivity index (χ2n) is 4.51. The predicted octanol–water partition coefficient (Wildman–Crippen LogP) is 3.78. The number of aromatic nitrogens is 1. The molecule has 0 saturated heterocycles. The van der Waals surface area contributed by atoms with Crippen LogP contribution in [0.5, 0.6) is 0 Å². The summed E-state index contributed by atoms with van der Waals surface area (Å²) in [5.41, 5.74) is 8.22. The molecule has 0 aliphatic heterocycles. The zero-order chi connectivity index (χ0) is 11.8. The fourth-order valence-electron chi connectivity index (χ4n) is 2.10. The molecule has 1 aromatic carbocycles. The molecule has 0 atom stereocenters. The normalized spacial score (nSPS) is 23.4. The summed E-state index contributed by atoms with van der Waals surface area (Å²) >= 11 is 5.16. The van der Waals surface area contributed by atoms with Crippen LogP contribution in [0, 0.1) is 0 Å². The van der Waals surface area contributed by atoms with Gasteiger partial charge in [0.05, 0.1) is 5.69 Å². The Morgan fingerprint density at radius 3 is 2.59 bits per heavy atom. The van der Waals surface area contributed by atoms with Crippen LogP contribution in [0.1, 0.15) is 24.5 Å². The molecular weight excluding hydrogens is 296 g/mol. The number of nitrogens with two attached hydrogens (primary N) is 1. The van der Waals surface area contributed by atoms with Crippen LogP contribution in [0.4, 0.5) is 0 Å². The molecule has 88 valence electrons. The topological polar surface area (TPSA) is 38.9 Å². The number of benzene rings is 1. The van der Waals surface area contributed by atoms with Crippen molar-refractivity contribution in [1.82, 2.24) is 4.98 Å². The van der Waals surface area contributed by atoms with Crippen molar-refractivity contribution in [1.29, 1.82) is 0 Å². The van der Waals surface area contributed by atoms with E-state index in [1.807, 2.05) is 0 Å². The van der Waals surface area contributed by atoms with Gasteiger partial charge in [0, 0.05) is 27.4 Å². The van der Waals surface area contributed by atoms with E-state index in [1.165, 1.54) is 11.3 Å². The van der Waals surface area contributed by atoms with Crippen LogP contribution < -0.4 is 5.73 Å². The summed E-state index contributed by atoms with van der Waals surface area (Å²) in [5.74, 6) is 0.588. The zero-order valence-electron chi connectivity index (χ0n) is 9.27. The van der Waals surface area contributed by atoms with Crippen LogP contribution in [0.25, 0.3) is 10.6 Å². The van der Waals surface area contributed by atoms with Gasteiger partial charge >= 0.3 is 0 Å². The van der Waals surface area contributed by atoms with Crippen LogP contribution >= 0.6 is 27.3 Å². The maximum Gasteiger partial charge on any atom is 0.123 e. The summed E-state index contributed by atoms with van der Waals surface area (Å²) in [6.07, 6.45) is 2.17. The highest BCUT2D eigenvalue weighted by Crippen LogP contribution is 2.37. The molecule has 1 aliphatic carbocycles. The summed E-state index contributed by atoms with van der Waals surface area (Å²) in [7, 11) is 0. The quantitative estimate of drug-likeness (QED) is 0.917. The van der Waals surface area contributed by atoms with Gasteiger partial charge in [-0.05, 0) is 25.0 Å². The molecule has 0 spiro atoms. The SMILES string of the molecule is NC1CC(c2csc(-c3ccc(Br)cc3)n2)C1. The monoisotopic (exact) mass is 308 g/mol. The first-order valence-corrected chi connectivity index (χ1v) is 7.36. The van der Waals surface area contributed by atoms with E-state index < -0.39 is 0 Å². The summed E-state index contributed by atoms with van der Waals surface area (Å²) in [6, 6.07) is 8.68. The van der Waals surface area contributed by atoms with E-state index >= 15 is 0 Å². The van der Waals surface area contributed by atoms with Gasteiger partial charge in [0.25, 0.3) is 0 Å². The first-order valence-electron chi connectivity index (χ1n) is 5.69. The van der Waals surface area contributed by atoms with E-state index in [9.17, 15) is 0 Å². The summed E-state index contributed by atoms with van der Waals surface area (Å²) < 4.78 is 1.10. The fraction of sp³-hybridized carbons (Fsp3) is 0.308. The molecular formula is C13H13BrN2S. The molecule has 17 heavy (non-hydrogen) atoms. The molecule has 1 saturated carbocycles. The zero-order valence-corrected chi connectivity index (χ0v) is 11.7. The molecule has 1 heterocycles. The number of hydrogen-bond donors (Lipinski definition) is 1. The molecule has 2 nitrogen and oxygen atoms in total. The average Bonchev–Trinajstić information content (AvgIpc) is 2.75. The number of nitrogens with zero attached hydrogens (tertiary/aromatic N) is 1. The molecule has 1 aliphatic rings. The Kier molecular flexibility index (Phi) is 3.03. The predicted molar refractivity (Wildman–Crippen MR) is 75.2 cm³/mol. The van der Waals surface area contributed by atoms with Gasteiger partial charge in [-0.15, -0.1) is 11.3 Å². The van der Waals surface area contributed by atoms with Gasteiger partial charge in [0.15, 0.2) is 0 Å². The van der Waals surface area contributed by atoms with Crippen LogP contribution in [0.2, 0.25) is 0 Å². The lowest BCUT2D eigenvalue weighted by Crippen LogP contribution is -2.34. The Morgan fingerprint density at radius 2 is 1.94 bits per heavy atom. The van der Waals surface area contributed by atoms with Gasteiger partial charge in [-0.1, -0.05) is 28.1 Å². The lowest BCUT2D eigenvalue weighted by molar-refractivity contribution is 0.346. The minimum Gasteiger partial charge on any atom is -0.328 e.